The van der Waals surface area contributed by atoms with E-state index in [1.165, 1.54) is 0 Å². The molecule has 0 unspecified atom stereocenters. The Morgan fingerprint density at radius 3 is 1.93 bits per heavy atom. The number of sulfonamides is 1. The van der Waals surface area contributed by atoms with E-state index >= 15 is 0 Å². The minimum atomic E-state index is -3.40. The van der Waals surface area contributed by atoms with E-state index in [4.69, 9.17) is 36.1 Å². The van der Waals surface area contributed by atoms with Crippen LogP contribution in [0.1, 0.15) is 12.8 Å². The number of morpholine rings is 1. The fraction of sp³-hybridized carbons (Fsp3) is 0.529. The van der Waals surface area contributed by atoms with Crippen molar-refractivity contribution in [3.63, 3.8) is 0 Å². The van der Waals surface area contributed by atoms with Gasteiger partial charge in [-0.15, -0.1) is 0 Å². The third-order valence-corrected chi connectivity index (χ3v) is 6.78. The molecule has 0 aliphatic carbocycles. The number of aliphatic carboxylic acids is 2. The molecule has 1 aromatic rings. The lowest BCUT2D eigenvalue weighted by Crippen LogP contribution is -2.50. The van der Waals surface area contributed by atoms with E-state index in [9.17, 15) is 8.42 Å². The SMILES string of the molecule is O=C(O)C(=O)O.O=S(=O)(c1ccc(Cl)cc1)N1CCC(N2CCOCC2)CC1. The van der Waals surface area contributed by atoms with E-state index in [1.807, 2.05) is 0 Å². The number of carboxylic acid groups (broad SMARTS) is 2. The highest BCUT2D eigenvalue weighted by Crippen LogP contribution is 2.24. The Hall–Kier alpha value is -1.72. The van der Waals surface area contributed by atoms with Gasteiger partial charge in [0.05, 0.1) is 18.1 Å². The largest absolute Gasteiger partial charge is 0.473 e. The molecule has 11 heteroatoms. The first-order valence-electron chi connectivity index (χ1n) is 8.75. The molecule has 3 rings (SSSR count). The van der Waals surface area contributed by atoms with E-state index in [-0.39, 0.29) is 0 Å². The maximum absolute atomic E-state index is 12.6. The molecule has 28 heavy (non-hydrogen) atoms. The van der Waals surface area contributed by atoms with E-state index < -0.39 is 22.0 Å². The van der Waals surface area contributed by atoms with Gasteiger partial charge in [-0.1, -0.05) is 11.6 Å². The Balaban J connectivity index is 0.000000409. The van der Waals surface area contributed by atoms with Crippen LogP contribution in [0.25, 0.3) is 0 Å². The Bertz CT molecular complexity index is 759. The fourth-order valence-electron chi connectivity index (χ4n) is 3.15. The fourth-order valence-corrected chi connectivity index (χ4v) is 4.74. The Labute approximate surface area is 168 Å². The quantitative estimate of drug-likeness (QED) is 0.674. The number of carbonyl (C=O) groups is 2. The average molecular weight is 435 g/mol. The predicted octanol–water partition coefficient (Wildman–Crippen LogP) is 0.981. The molecule has 0 atom stereocenters. The molecular formula is C17H23ClN2O7S. The first-order chi connectivity index (χ1) is 13.2. The van der Waals surface area contributed by atoms with Crippen LogP contribution in [0.4, 0.5) is 0 Å². The molecule has 0 aromatic heterocycles. The first kappa shape index (κ1) is 22.6. The van der Waals surface area contributed by atoms with Gasteiger partial charge in [0, 0.05) is 37.2 Å². The molecule has 0 bridgehead atoms. The summed E-state index contributed by atoms with van der Waals surface area (Å²) >= 11 is 5.83. The average Bonchev–Trinajstić information content (AvgIpc) is 2.69. The number of nitrogens with zero attached hydrogens (tertiary/aromatic N) is 2. The minimum Gasteiger partial charge on any atom is -0.473 e. The highest BCUT2D eigenvalue weighted by atomic mass is 35.5. The third-order valence-electron chi connectivity index (χ3n) is 4.62. The normalized spacial score (nSPS) is 19.5. The Morgan fingerprint density at radius 1 is 0.964 bits per heavy atom. The molecule has 156 valence electrons. The predicted molar refractivity (Wildman–Crippen MR) is 101 cm³/mol. The van der Waals surface area contributed by atoms with Crippen LogP contribution < -0.4 is 0 Å². The van der Waals surface area contributed by atoms with Crippen molar-refractivity contribution in [3.05, 3.63) is 29.3 Å². The monoisotopic (exact) mass is 434 g/mol. The number of benzene rings is 1. The van der Waals surface area contributed by atoms with E-state index in [0.717, 1.165) is 39.1 Å². The molecule has 0 amide bonds. The molecule has 9 nitrogen and oxygen atoms in total. The standard InChI is InChI=1S/C15H21ClN2O3S.C2H2O4/c16-13-1-3-15(4-2-13)22(19,20)18-7-5-14(6-8-18)17-9-11-21-12-10-17;3-1(4)2(5)6/h1-4,14H,5-12H2;(H,3,4)(H,5,6). The molecule has 2 aliphatic heterocycles. The van der Waals surface area contributed by atoms with E-state index in [1.54, 1.807) is 28.6 Å². The van der Waals surface area contributed by atoms with Gasteiger partial charge in [-0.3, -0.25) is 4.90 Å². The lowest BCUT2D eigenvalue weighted by molar-refractivity contribution is -0.159. The van der Waals surface area contributed by atoms with Gasteiger partial charge in [-0.25, -0.2) is 18.0 Å². The summed E-state index contributed by atoms with van der Waals surface area (Å²) in [6.07, 6.45) is 1.76. The zero-order chi connectivity index (χ0) is 20.7. The van der Waals surface area contributed by atoms with Gasteiger partial charge in [0.15, 0.2) is 0 Å². The van der Waals surface area contributed by atoms with Crippen molar-refractivity contribution in [1.29, 1.82) is 0 Å². The van der Waals surface area contributed by atoms with Crippen LogP contribution in [0.5, 0.6) is 0 Å². The third kappa shape index (κ3) is 6.14. The number of carboxylic acids is 2. The zero-order valence-corrected chi connectivity index (χ0v) is 16.7. The highest BCUT2D eigenvalue weighted by molar-refractivity contribution is 7.89. The summed E-state index contributed by atoms with van der Waals surface area (Å²) in [5.74, 6) is -3.65. The number of hydrogen-bond acceptors (Lipinski definition) is 6. The summed E-state index contributed by atoms with van der Waals surface area (Å²) < 4.78 is 32.2. The second-order valence-corrected chi connectivity index (χ2v) is 8.72. The van der Waals surface area contributed by atoms with Crippen LogP contribution in [-0.4, -0.2) is 85.2 Å². The van der Waals surface area contributed by atoms with Crippen LogP contribution in [0.15, 0.2) is 29.2 Å². The Kier molecular flexibility index (Phi) is 8.20. The lowest BCUT2D eigenvalue weighted by atomic mass is 10.0. The molecule has 0 spiro atoms. The maximum atomic E-state index is 12.6. The molecule has 2 fully saturated rings. The van der Waals surface area contributed by atoms with Crippen molar-refractivity contribution in [1.82, 2.24) is 9.21 Å². The number of piperidine rings is 1. The maximum Gasteiger partial charge on any atom is 0.414 e. The van der Waals surface area contributed by atoms with Crippen LogP contribution in [0, 0.1) is 0 Å². The molecule has 0 saturated carbocycles. The van der Waals surface area contributed by atoms with Gasteiger partial charge in [0.2, 0.25) is 10.0 Å². The second-order valence-electron chi connectivity index (χ2n) is 6.35. The summed E-state index contributed by atoms with van der Waals surface area (Å²) in [6.45, 7) is 4.62. The highest BCUT2D eigenvalue weighted by Gasteiger charge is 2.32. The molecular weight excluding hydrogens is 412 g/mol. The number of halogens is 1. The number of rotatable bonds is 3. The van der Waals surface area contributed by atoms with Crippen molar-refractivity contribution < 1.29 is 33.0 Å². The zero-order valence-electron chi connectivity index (χ0n) is 15.2. The van der Waals surface area contributed by atoms with Crippen LogP contribution >= 0.6 is 11.6 Å². The first-order valence-corrected chi connectivity index (χ1v) is 10.6. The van der Waals surface area contributed by atoms with Crippen LogP contribution in [0.3, 0.4) is 0 Å². The van der Waals surface area contributed by atoms with Gasteiger partial charge in [-0.05, 0) is 37.1 Å². The van der Waals surface area contributed by atoms with Crippen LogP contribution in [0.2, 0.25) is 5.02 Å². The van der Waals surface area contributed by atoms with Crippen molar-refractivity contribution in [2.75, 3.05) is 39.4 Å². The molecule has 2 saturated heterocycles. The number of ether oxygens (including phenoxy) is 1. The summed E-state index contributed by atoms with van der Waals surface area (Å²) in [5, 5.41) is 15.3. The van der Waals surface area contributed by atoms with Gasteiger partial charge >= 0.3 is 11.9 Å². The molecule has 2 N–H and O–H groups in total. The van der Waals surface area contributed by atoms with Gasteiger partial charge in [0.25, 0.3) is 0 Å². The van der Waals surface area contributed by atoms with Crippen molar-refractivity contribution in [2.45, 2.75) is 23.8 Å². The summed E-state index contributed by atoms with van der Waals surface area (Å²) in [6, 6.07) is 6.86. The summed E-state index contributed by atoms with van der Waals surface area (Å²) in [5.41, 5.74) is 0. The Morgan fingerprint density at radius 2 is 1.46 bits per heavy atom. The van der Waals surface area contributed by atoms with Gasteiger partial charge in [-0.2, -0.15) is 4.31 Å². The van der Waals surface area contributed by atoms with Gasteiger partial charge in [0.1, 0.15) is 0 Å². The lowest BCUT2D eigenvalue weighted by Gasteiger charge is -2.39. The number of hydrogen-bond donors (Lipinski definition) is 2. The smallest absolute Gasteiger partial charge is 0.414 e. The minimum absolute atomic E-state index is 0.321. The van der Waals surface area contributed by atoms with Crippen molar-refractivity contribution in [3.8, 4) is 0 Å². The van der Waals surface area contributed by atoms with E-state index in [2.05, 4.69) is 4.90 Å². The van der Waals surface area contributed by atoms with Crippen molar-refractivity contribution in [2.24, 2.45) is 0 Å². The molecule has 0 radical (unpaired) electrons. The topological polar surface area (TPSA) is 124 Å². The van der Waals surface area contributed by atoms with E-state index in [0.29, 0.717) is 29.0 Å². The molecule has 1 aromatic carbocycles. The van der Waals surface area contributed by atoms with Gasteiger partial charge < -0.3 is 14.9 Å². The summed E-state index contributed by atoms with van der Waals surface area (Å²) in [4.78, 5) is 20.9. The molecule has 2 aliphatic rings. The summed E-state index contributed by atoms with van der Waals surface area (Å²) in [7, 11) is -3.40. The second kappa shape index (κ2) is 10.2. The van der Waals surface area contributed by atoms with Crippen LogP contribution in [-0.2, 0) is 24.3 Å². The molecule has 2 heterocycles. The van der Waals surface area contributed by atoms with Crippen molar-refractivity contribution >= 4 is 33.6 Å².